The SMILES string of the molecule is NC(=O)c1cc2c(s1)-c1ccccc1OC=C2. The Morgan fingerprint density at radius 2 is 2.12 bits per heavy atom. The highest BCUT2D eigenvalue weighted by Crippen LogP contribution is 2.40. The number of hydrogen-bond donors (Lipinski definition) is 1. The first-order valence-corrected chi connectivity index (χ1v) is 5.93. The van der Waals surface area contributed by atoms with E-state index in [1.54, 1.807) is 12.3 Å². The normalized spacial score (nSPS) is 12.2. The van der Waals surface area contributed by atoms with E-state index in [4.69, 9.17) is 10.5 Å². The zero-order valence-electron chi connectivity index (χ0n) is 8.84. The van der Waals surface area contributed by atoms with Crippen molar-refractivity contribution >= 4 is 23.3 Å². The molecule has 0 spiro atoms. The Morgan fingerprint density at radius 1 is 1.29 bits per heavy atom. The lowest BCUT2D eigenvalue weighted by Gasteiger charge is -2.04. The number of nitrogens with two attached hydrogens (primary N) is 1. The zero-order valence-corrected chi connectivity index (χ0v) is 9.66. The summed E-state index contributed by atoms with van der Waals surface area (Å²) in [6, 6.07) is 9.53. The molecule has 1 aromatic carbocycles. The van der Waals surface area contributed by atoms with Crippen LogP contribution in [0.3, 0.4) is 0 Å². The molecule has 1 amide bonds. The first kappa shape index (κ1) is 10.1. The van der Waals surface area contributed by atoms with Crippen molar-refractivity contribution in [3.05, 3.63) is 47.0 Å². The predicted molar refractivity (Wildman–Crippen MR) is 67.9 cm³/mol. The van der Waals surface area contributed by atoms with E-state index in [-0.39, 0.29) is 0 Å². The summed E-state index contributed by atoms with van der Waals surface area (Å²) in [6.45, 7) is 0. The van der Waals surface area contributed by atoms with Gasteiger partial charge >= 0.3 is 0 Å². The van der Waals surface area contributed by atoms with Gasteiger partial charge in [-0.05, 0) is 29.8 Å². The van der Waals surface area contributed by atoms with Crippen LogP contribution in [-0.2, 0) is 0 Å². The summed E-state index contributed by atoms with van der Waals surface area (Å²) in [5.41, 5.74) is 7.26. The molecule has 1 aliphatic heterocycles. The maximum absolute atomic E-state index is 11.2. The molecule has 1 aliphatic rings. The summed E-state index contributed by atoms with van der Waals surface area (Å²) in [5.74, 6) is 0.398. The Balaban J connectivity index is 2.26. The van der Waals surface area contributed by atoms with Crippen LogP contribution in [0.2, 0.25) is 0 Å². The number of thiophene rings is 1. The van der Waals surface area contributed by atoms with Gasteiger partial charge in [0.2, 0.25) is 0 Å². The van der Waals surface area contributed by atoms with E-state index in [1.165, 1.54) is 11.3 Å². The molecule has 0 radical (unpaired) electrons. The van der Waals surface area contributed by atoms with Crippen LogP contribution in [0.15, 0.2) is 36.6 Å². The average Bonchev–Trinajstić information content (AvgIpc) is 2.67. The molecule has 0 saturated heterocycles. The second-order valence-corrected chi connectivity index (χ2v) is 4.73. The monoisotopic (exact) mass is 243 g/mol. The fraction of sp³-hybridized carbons (Fsp3) is 0. The molecule has 0 bridgehead atoms. The minimum atomic E-state index is -0.394. The fourth-order valence-electron chi connectivity index (χ4n) is 1.80. The molecule has 4 heteroatoms. The van der Waals surface area contributed by atoms with E-state index in [0.29, 0.717) is 4.88 Å². The quantitative estimate of drug-likeness (QED) is 0.837. The highest BCUT2D eigenvalue weighted by atomic mass is 32.1. The molecular weight excluding hydrogens is 234 g/mol. The van der Waals surface area contributed by atoms with Crippen molar-refractivity contribution in [2.45, 2.75) is 0 Å². The van der Waals surface area contributed by atoms with Gasteiger partial charge in [-0.25, -0.2) is 0 Å². The van der Waals surface area contributed by atoms with Crippen LogP contribution in [0.25, 0.3) is 16.5 Å². The Kier molecular flexibility index (Phi) is 2.23. The van der Waals surface area contributed by atoms with Gasteiger partial charge in [-0.1, -0.05) is 12.1 Å². The molecule has 1 aromatic heterocycles. The Morgan fingerprint density at radius 3 is 2.94 bits per heavy atom. The largest absolute Gasteiger partial charge is 0.464 e. The predicted octanol–water partition coefficient (Wildman–Crippen LogP) is 2.88. The molecule has 0 saturated carbocycles. The number of hydrogen-bond acceptors (Lipinski definition) is 3. The highest BCUT2D eigenvalue weighted by Gasteiger charge is 2.17. The van der Waals surface area contributed by atoms with Gasteiger partial charge in [0, 0.05) is 10.4 Å². The molecule has 2 heterocycles. The smallest absolute Gasteiger partial charge is 0.258 e. The molecule has 3 nitrogen and oxygen atoms in total. The van der Waals surface area contributed by atoms with Crippen LogP contribution in [-0.4, -0.2) is 5.91 Å². The van der Waals surface area contributed by atoms with E-state index in [1.807, 2.05) is 30.3 Å². The van der Waals surface area contributed by atoms with Crippen molar-refractivity contribution in [1.82, 2.24) is 0 Å². The summed E-state index contributed by atoms with van der Waals surface area (Å²) in [6.07, 6.45) is 3.47. The minimum Gasteiger partial charge on any atom is -0.464 e. The fourth-order valence-corrected chi connectivity index (χ4v) is 2.83. The summed E-state index contributed by atoms with van der Waals surface area (Å²) in [7, 11) is 0. The van der Waals surface area contributed by atoms with E-state index in [9.17, 15) is 4.79 Å². The standard InChI is InChI=1S/C13H9NO2S/c14-13(15)11-7-8-5-6-16-10-4-2-1-3-9(10)12(8)17-11/h1-7H,(H2,14,15). The first-order valence-electron chi connectivity index (χ1n) is 5.12. The van der Waals surface area contributed by atoms with Crippen LogP contribution in [0, 0.1) is 0 Å². The van der Waals surface area contributed by atoms with Crippen molar-refractivity contribution in [3.63, 3.8) is 0 Å². The third-order valence-electron chi connectivity index (χ3n) is 2.58. The molecule has 3 rings (SSSR count). The lowest BCUT2D eigenvalue weighted by atomic mass is 10.1. The van der Waals surface area contributed by atoms with Gasteiger partial charge in [0.15, 0.2) is 0 Å². The molecule has 0 unspecified atom stereocenters. The van der Waals surface area contributed by atoms with Crippen molar-refractivity contribution in [1.29, 1.82) is 0 Å². The van der Waals surface area contributed by atoms with Crippen LogP contribution in [0.5, 0.6) is 5.75 Å². The summed E-state index contributed by atoms with van der Waals surface area (Å²) in [4.78, 5) is 12.8. The second kappa shape index (κ2) is 3.75. The lowest BCUT2D eigenvalue weighted by Crippen LogP contribution is -2.08. The molecule has 84 valence electrons. The molecule has 0 aliphatic carbocycles. The topological polar surface area (TPSA) is 52.3 Å². The van der Waals surface area contributed by atoms with Crippen LogP contribution >= 0.6 is 11.3 Å². The molecule has 0 atom stereocenters. The van der Waals surface area contributed by atoms with Crippen LogP contribution in [0.4, 0.5) is 0 Å². The molecular formula is C13H9NO2S. The third kappa shape index (κ3) is 1.62. The van der Waals surface area contributed by atoms with E-state index in [0.717, 1.165) is 21.8 Å². The van der Waals surface area contributed by atoms with Crippen molar-refractivity contribution < 1.29 is 9.53 Å². The van der Waals surface area contributed by atoms with Crippen molar-refractivity contribution in [3.8, 4) is 16.2 Å². The minimum absolute atomic E-state index is 0.394. The van der Waals surface area contributed by atoms with Crippen molar-refractivity contribution in [2.24, 2.45) is 5.73 Å². The van der Waals surface area contributed by atoms with Gasteiger partial charge in [0.25, 0.3) is 5.91 Å². The van der Waals surface area contributed by atoms with Gasteiger partial charge in [0.1, 0.15) is 5.75 Å². The number of para-hydroxylation sites is 1. The van der Waals surface area contributed by atoms with E-state index in [2.05, 4.69) is 0 Å². The number of carbonyl (C=O) groups excluding carboxylic acids is 1. The number of carbonyl (C=O) groups is 1. The maximum Gasteiger partial charge on any atom is 0.258 e. The number of amides is 1. The third-order valence-corrected chi connectivity index (χ3v) is 3.78. The summed E-state index contributed by atoms with van der Waals surface area (Å²) < 4.78 is 5.50. The number of rotatable bonds is 1. The Hall–Kier alpha value is -2.07. The molecule has 2 aromatic rings. The highest BCUT2D eigenvalue weighted by molar-refractivity contribution is 7.17. The van der Waals surface area contributed by atoms with Crippen LogP contribution in [0.1, 0.15) is 15.2 Å². The van der Waals surface area contributed by atoms with E-state index >= 15 is 0 Å². The van der Waals surface area contributed by atoms with Gasteiger partial charge < -0.3 is 10.5 Å². The number of ether oxygens (including phenoxy) is 1. The lowest BCUT2D eigenvalue weighted by molar-refractivity contribution is 0.100. The Bertz CT molecular complexity index is 628. The summed E-state index contributed by atoms with van der Waals surface area (Å²) >= 11 is 1.39. The molecule has 2 N–H and O–H groups in total. The molecule has 17 heavy (non-hydrogen) atoms. The Labute approximate surface area is 102 Å². The second-order valence-electron chi connectivity index (χ2n) is 3.68. The van der Waals surface area contributed by atoms with Crippen LogP contribution < -0.4 is 10.5 Å². The number of primary amides is 1. The van der Waals surface area contributed by atoms with Gasteiger partial charge in [-0.2, -0.15) is 0 Å². The molecule has 0 fully saturated rings. The van der Waals surface area contributed by atoms with Crippen molar-refractivity contribution in [2.75, 3.05) is 0 Å². The van der Waals surface area contributed by atoms with E-state index < -0.39 is 5.91 Å². The zero-order chi connectivity index (χ0) is 11.8. The van der Waals surface area contributed by atoms with Gasteiger partial charge in [0.05, 0.1) is 11.1 Å². The maximum atomic E-state index is 11.2. The average molecular weight is 243 g/mol. The van der Waals surface area contributed by atoms with Gasteiger partial charge in [-0.3, -0.25) is 4.79 Å². The van der Waals surface area contributed by atoms with Gasteiger partial charge in [-0.15, -0.1) is 11.3 Å². The first-order chi connectivity index (χ1) is 8.25. The number of benzene rings is 1. The number of fused-ring (bicyclic) bond motifs is 3. The summed E-state index contributed by atoms with van der Waals surface area (Å²) in [5, 5.41) is 0.